The number of carbonyl (C=O) groups is 2. The van der Waals surface area contributed by atoms with Gasteiger partial charge in [-0.1, -0.05) is 30.3 Å². The molecule has 0 fully saturated rings. The SMILES string of the molecule is CN(CC(=O)NC(C)(C)C)CC(=O)N1CCC(c2ccccc2)=N1. The van der Waals surface area contributed by atoms with Crippen molar-refractivity contribution in [1.82, 2.24) is 15.2 Å². The molecule has 0 aromatic heterocycles. The van der Waals surface area contributed by atoms with Gasteiger partial charge in [-0.3, -0.25) is 14.5 Å². The number of hydrazone groups is 1. The molecule has 1 aliphatic rings. The summed E-state index contributed by atoms with van der Waals surface area (Å²) in [5.74, 6) is -0.181. The van der Waals surface area contributed by atoms with E-state index in [4.69, 9.17) is 0 Å². The van der Waals surface area contributed by atoms with Gasteiger partial charge in [-0.05, 0) is 33.4 Å². The first kappa shape index (κ1) is 18.1. The molecule has 1 aliphatic heterocycles. The van der Waals surface area contributed by atoms with Crippen molar-refractivity contribution in [3.05, 3.63) is 35.9 Å². The van der Waals surface area contributed by atoms with E-state index >= 15 is 0 Å². The van der Waals surface area contributed by atoms with E-state index in [1.165, 1.54) is 5.01 Å². The normalized spacial score (nSPS) is 14.7. The summed E-state index contributed by atoms with van der Waals surface area (Å²) in [6, 6.07) is 9.87. The summed E-state index contributed by atoms with van der Waals surface area (Å²) in [7, 11) is 1.76. The predicted octanol–water partition coefficient (Wildman–Crippen LogP) is 1.47. The van der Waals surface area contributed by atoms with E-state index in [1.807, 2.05) is 51.1 Å². The van der Waals surface area contributed by atoms with Gasteiger partial charge in [0.05, 0.1) is 25.3 Å². The van der Waals surface area contributed by atoms with Gasteiger partial charge in [0.25, 0.3) is 5.91 Å². The van der Waals surface area contributed by atoms with Crippen molar-refractivity contribution in [2.45, 2.75) is 32.7 Å². The number of likely N-dealkylation sites (N-methyl/N-ethyl adjacent to an activating group) is 1. The summed E-state index contributed by atoms with van der Waals surface area (Å²) in [5.41, 5.74) is 1.70. The van der Waals surface area contributed by atoms with Crippen molar-refractivity contribution in [2.75, 3.05) is 26.7 Å². The van der Waals surface area contributed by atoms with Crippen molar-refractivity contribution in [2.24, 2.45) is 5.10 Å². The van der Waals surface area contributed by atoms with Gasteiger partial charge in [-0.15, -0.1) is 0 Å². The summed E-state index contributed by atoms with van der Waals surface area (Å²) >= 11 is 0. The van der Waals surface area contributed by atoms with Crippen molar-refractivity contribution in [3.8, 4) is 0 Å². The van der Waals surface area contributed by atoms with Gasteiger partial charge >= 0.3 is 0 Å². The lowest BCUT2D eigenvalue weighted by Crippen LogP contribution is -2.46. The largest absolute Gasteiger partial charge is 0.350 e. The van der Waals surface area contributed by atoms with E-state index in [9.17, 15) is 9.59 Å². The van der Waals surface area contributed by atoms with Crippen LogP contribution in [-0.2, 0) is 9.59 Å². The predicted molar refractivity (Wildman–Crippen MR) is 94.7 cm³/mol. The lowest BCUT2D eigenvalue weighted by Gasteiger charge is -2.23. The maximum Gasteiger partial charge on any atom is 0.256 e. The quantitative estimate of drug-likeness (QED) is 0.889. The Kier molecular flexibility index (Phi) is 5.72. The first-order valence-corrected chi connectivity index (χ1v) is 8.17. The van der Waals surface area contributed by atoms with Gasteiger partial charge in [-0.2, -0.15) is 5.10 Å². The fraction of sp³-hybridized carbons (Fsp3) is 0.500. The molecule has 0 aliphatic carbocycles. The van der Waals surface area contributed by atoms with Crippen LogP contribution in [0.25, 0.3) is 0 Å². The van der Waals surface area contributed by atoms with Gasteiger partial charge in [0.15, 0.2) is 0 Å². The molecule has 0 atom stereocenters. The summed E-state index contributed by atoms with van der Waals surface area (Å²) in [6.45, 7) is 6.74. The molecule has 0 saturated carbocycles. The van der Waals surface area contributed by atoms with Crippen LogP contribution in [0.4, 0.5) is 0 Å². The van der Waals surface area contributed by atoms with Crippen LogP contribution in [0.15, 0.2) is 35.4 Å². The Balaban J connectivity index is 1.87. The topological polar surface area (TPSA) is 65.0 Å². The molecule has 0 radical (unpaired) electrons. The maximum atomic E-state index is 12.3. The Labute approximate surface area is 143 Å². The minimum Gasteiger partial charge on any atom is -0.350 e. The summed E-state index contributed by atoms with van der Waals surface area (Å²) in [6.07, 6.45) is 0.754. The summed E-state index contributed by atoms with van der Waals surface area (Å²) < 4.78 is 0. The number of rotatable bonds is 5. The molecule has 24 heavy (non-hydrogen) atoms. The average molecular weight is 330 g/mol. The number of hydrogen-bond acceptors (Lipinski definition) is 4. The lowest BCUT2D eigenvalue weighted by atomic mass is 10.1. The van der Waals surface area contributed by atoms with E-state index in [0.717, 1.165) is 17.7 Å². The molecule has 1 aromatic rings. The van der Waals surface area contributed by atoms with Gasteiger partial charge < -0.3 is 5.32 Å². The summed E-state index contributed by atoms with van der Waals surface area (Å²) in [5, 5.41) is 8.81. The van der Waals surface area contributed by atoms with Crippen LogP contribution in [0.2, 0.25) is 0 Å². The molecule has 0 spiro atoms. The second-order valence-electron chi connectivity index (χ2n) is 7.15. The fourth-order valence-electron chi connectivity index (χ4n) is 2.54. The molecule has 1 N–H and O–H groups in total. The highest BCUT2D eigenvalue weighted by Gasteiger charge is 2.23. The Hall–Kier alpha value is -2.21. The molecular weight excluding hydrogens is 304 g/mol. The minimum absolute atomic E-state index is 0.0901. The number of carbonyl (C=O) groups excluding carboxylic acids is 2. The Bertz CT molecular complexity index is 620. The molecule has 2 rings (SSSR count). The highest BCUT2D eigenvalue weighted by molar-refractivity contribution is 6.02. The fourth-order valence-corrected chi connectivity index (χ4v) is 2.54. The van der Waals surface area contributed by atoms with Crippen LogP contribution in [-0.4, -0.2) is 59.7 Å². The molecule has 130 valence electrons. The van der Waals surface area contributed by atoms with Gasteiger partial charge in [0.2, 0.25) is 5.91 Å². The van der Waals surface area contributed by atoms with Crippen molar-refractivity contribution < 1.29 is 9.59 Å². The molecule has 0 saturated heterocycles. The van der Waals surface area contributed by atoms with Crippen LogP contribution < -0.4 is 5.32 Å². The highest BCUT2D eigenvalue weighted by Crippen LogP contribution is 2.13. The second kappa shape index (κ2) is 7.57. The third kappa shape index (κ3) is 5.45. The lowest BCUT2D eigenvalue weighted by molar-refractivity contribution is -0.132. The highest BCUT2D eigenvalue weighted by atomic mass is 16.2. The number of benzene rings is 1. The molecule has 6 nitrogen and oxygen atoms in total. The molecule has 1 heterocycles. The minimum atomic E-state index is -0.272. The third-order valence-corrected chi connectivity index (χ3v) is 3.53. The first-order chi connectivity index (χ1) is 11.2. The third-order valence-electron chi connectivity index (χ3n) is 3.53. The van der Waals surface area contributed by atoms with Crippen molar-refractivity contribution >= 4 is 17.5 Å². The zero-order valence-electron chi connectivity index (χ0n) is 14.9. The maximum absolute atomic E-state index is 12.3. The smallest absolute Gasteiger partial charge is 0.256 e. The number of amides is 2. The van der Waals surface area contributed by atoms with Crippen LogP contribution in [0.3, 0.4) is 0 Å². The zero-order chi connectivity index (χ0) is 17.7. The van der Waals surface area contributed by atoms with E-state index in [2.05, 4.69) is 10.4 Å². The molecule has 0 unspecified atom stereocenters. The number of nitrogens with zero attached hydrogens (tertiary/aromatic N) is 3. The van der Waals surface area contributed by atoms with Crippen LogP contribution >= 0.6 is 0 Å². The summed E-state index contributed by atoms with van der Waals surface area (Å²) in [4.78, 5) is 26.0. The molecule has 0 bridgehead atoms. The number of hydrogen-bond donors (Lipinski definition) is 1. The number of nitrogens with one attached hydrogen (secondary N) is 1. The molecule has 1 aromatic carbocycles. The van der Waals surface area contributed by atoms with Gasteiger partial charge in [0.1, 0.15) is 0 Å². The molecule has 2 amide bonds. The molecule has 6 heteroatoms. The Morgan fingerprint density at radius 3 is 2.50 bits per heavy atom. The first-order valence-electron chi connectivity index (χ1n) is 8.17. The molecular formula is C18H26N4O2. The van der Waals surface area contributed by atoms with E-state index in [-0.39, 0.29) is 30.4 Å². The second-order valence-corrected chi connectivity index (χ2v) is 7.15. The monoisotopic (exact) mass is 330 g/mol. The van der Waals surface area contributed by atoms with Crippen molar-refractivity contribution in [1.29, 1.82) is 0 Å². The zero-order valence-corrected chi connectivity index (χ0v) is 14.9. The Morgan fingerprint density at radius 1 is 1.21 bits per heavy atom. The van der Waals surface area contributed by atoms with Crippen LogP contribution in [0.5, 0.6) is 0 Å². The van der Waals surface area contributed by atoms with E-state index in [1.54, 1.807) is 11.9 Å². The standard InChI is InChI=1S/C18H26N4O2/c1-18(2,3)19-16(23)12-21(4)13-17(24)22-11-10-15(20-22)14-8-6-5-7-9-14/h5-9H,10-13H2,1-4H3,(H,19,23). The van der Waals surface area contributed by atoms with Crippen LogP contribution in [0.1, 0.15) is 32.8 Å². The van der Waals surface area contributed by atoms with Gasteiger partial charge in [-0.25, -0.2) is 5.01 Å². The average Bonchev–Trinajstić information content (AvgIpc) is 2.95. The van der Waals surface area contributed by atoms with E-state index in [0.29, 0.717) is 6.54 Å². The van der Waals surface area contributed by atoms with Gasteiger partial charge in [0, 0.05) is 12.0 Å². The van der Waals surface area contributed by atoms with Crippen LogP contribution in [0, 0.1) is 0 Å². The Morgan fingerprint density at radius 2 is 1.88 bits per heavy atom. The van der Waals surface area contributed by atoms with E-state index < -0.39 is 0 Å². The van der Waals surface area contributed by atoms with Crippen molar-refractivity contribution in [3.63, 3.8) is 0 Å².